The number of phenolic OH excluding ortho intramolecular Hbond substituents is 1. The standard InChI is InChI=1S/C24H18ClF3N2O3/c25-16-6-7-20(31)17(10-16)19-11-18(14-3-8-21-22(9-14)33-12-32-21)29-23(30-19)13-1-4-15(5-2-13)24(26,27)28/h1-10,19,23,30-31H,11-12H2/t19-,23+/m0/s1. The SMILES string of the molecule is Oc1ccc(Cl)cc1[C@@H]1CC(c2ccc3c(c2)OCO3)=N[C@@H](c2ccc(C(F)(F)F)cc2)N1. The third-order valence-electron chi connectivity index (χ3n) is 5.67. The minimum atomic E-state index is -4.42. The van der Waals surface area contributed by atoms with Gasteiger partial charge in [0.1, 0.15) is 11.9 Å². The lowest BCUT2D eigenvalue weighted by atomic mass is 9.93. The quantitative estimate of drug-likeness (QED) is 0.487. The minimum absolute atomic E-state index is 0.0648. The predicted molar refractivity (Wildman–Crippen MR) is 117 cm³/mol. The van der Waals surface area contributed by atoms with E-state index >= 15 is 0 Å². The summed E-state index contributed by atoms with van der Waals surface area (Å²) in [6.45, 7) is 0.139. The number of ether oxygens (including phenoxy) is 2. The molecule has 2 aliphatic rings. The number of alkyl halides is 3. The second-order valence-corrected chi connectivity index (χ2v) is 8.23. The molecule has 0 saturated carbocycles. The molecule has 170 valence electrons. The van der Waals surface area contributed by atoms with Crippen molar-refractivity contribution in [2.75, 3.05) is 6.79 Å². The van der Waals surface area contributed by atoms with Gasteiger partial charge in [0, 0.05) is 28.8 Å². The molecule has 0 unspecified atom stereocenters. The van der Waals surface area contributed by atoms with E-state index in [1.54, 1.807) is 18.2 Å². The Kier molecular flexibility index (Phi) is 5.42. The molecule has 3 aromatic carbocycles. The molecular weight excluding hydrogens is 457 g/mol. The average Bonchev–Trinajstić information content (AvgIpc) is 3.28. The Labute approximate surface area is 192 Å². The first-order valence-corrected chi connectivity index (χ1v) is 10.5. The Morgan fingerprint density at radius 1 is 0.970 bits per heavy atom. The average molecular weight is 475 g/mol. The van der Waals surface area contributed by atoms with Crippen molar-refractivity contribution in [2.45, 2.75) is 24.8 Å². The molecule has 2 atom stereocenters. The molecule has 0 aromatic heterocycles. The molecule has 0 amide bonds. The summed E-state index contributed by atoms with van der Waals surface area (Å²) in [5, 5.41) is 14.2. The fraction of sp³-hybridized carbons (Fsp3) is 0.208. The highest BCUT2D eigenvalue weighted by molar-refractivity contribution is 6.30. The van der Waals surface area contributed by atoms with Crippen LogP contribution in [-0.2, 0) is 6.18 Å². The van der Waals surface area contributed by atoms with Crippen molar-refractivity contribution in [3.63, 3.8) is 0 Å². The summed E-state index contributed by atoms with van der Waals surface area (Å²) < 4.78 is 49.9. The van der Waals surface area contributed by atoms with Crippen molar-refractivity contribution in [2.24, 2.45) is 4.99 Å². The van der Waals surface area contributed by atoms with E-state index in [9.17, 15) is 18.3 Å². The number of aromatic hydroxyl groups is 1. The first-order valence-electron chi connectivity index (χ1n) is 10.2. The molecule has 0 fully saturated rings. The molecular formula is C24H18ClF3N2O3. The van der Waals surface area contributed by atoms with Gasteiger partial charge in [-0.05, 0) is 59.7 Å². The number of aliphatic imine (C=N–C) groups is 1. The number of nitrogens with zero attached hydrogens (tertiary/aromatic N) is 1. The second-order valence-electron chi connectivity index (χ2n) is 7.79. The van der Waals surface area contributed by atoms with E-state index in [2.05, 4.69) is 5.32 Å². The zero-order valence-corrected chi connectivity index (χ0v) is 17.8. The van der Waals surface area contributed by atoms with Crippen molar-refractivity contribution in [1.29, 1.82) is 0 Å². The maximum absolute atomic E-state index is 13.0. The van der Waals surface area contributed by atoms with E-state index in [-0.39, 0.29) is 18.6 Å². The summed E-state index contributed by atoms with van der Waals surface area (Å²) in [5.74, 6) is 1.30. The molecule has 0 aliphatic carbocycles. The van der Waals surface area contributed by atoms with Gasteiger partial charge in [-0.15, -0.1) is 0 Å². The molecule has 0 bridgehead atoms. The number of hydrogen-bond donors (Lipinski definition) is 2. The van der Waals surface area contributed by atoms with Gasteiger partial charge in [0.25, 0.3) is 0 Å². The summed E-state index contributed by atoms with van der Waals surface area (Å²) in [5.41, 5.74) is 1.91. The molecule has 2 aliphatic heterocycles. The van der Waals surface area contributed by atoms with Gasteiger partial charge in [0.2, 0.25) is 6.79 Å². The Hall–Kier alpha value is -3.23. The monoisotopic (exact) mass is 474 g/mol. The molecule has 0 radical (unpaired) electrons. The first-order chi connectivity index (χ1) is 15.8. The van der Waals surface area contributed by atoms with Gasteiger partial charge in [0.05, 0.1) is 5.56 Å². The van der Waals surface area contributed by atoms with Crippen LogP contribution in [0.5, 0.6) is 17.2 Å². The molecule has 3 aromatic rings. The molecule has 2 N–H and O–H groups in total. The third-order valence-corrected chi connectivity index (χ3v) is 5.90. The van der Waals surface area contributed by atoms with Crippen LogP contribution in [0.1, 0.15) is 40.9 Å². The number of rotatable bonds is 3. The molecule has 5 rings (SSSR count). The van der Waals surface area contributed by atoms with Crippen LogP contribution in [0.3, 0.4) is 0 Å². The van der Waals surface area contributed by atoms with Crippen LogP contribution in [0.4, 0.5) is 13.2 Å². The van der Waals surface area contributed by atoms with Crippen LogP contribution >= 0.6 is 11.6 Å². The lowest BCUT2D eigenvalue weighted by Gasteiger charge is -2.31. The Morgan fingerprint density at radius 2 is 1.73 bits per heavy atom. The minimum Gasteiger partial charge on any atom is -0.508 e. The van der Waals surface area contributed by atoms with E-state index < -0.39 is 17.9 Å². The van der Waals surface area contributed by atoms with Crippen LogP contribution in [0, 0.1) is 0 Å². The van der Waals surface area contributed by atoms with Gasteiger partial charge in [0.15, 0.2) is 11.5 Å². The van der Waals surface area contributed by atoms with Crippen molar-refractivity contribution in [1.82, 2.24) is 5.32 Å². The summed E-state index contributed by atoms with van der Waals surface area (Å²) in [6.07, 6.45) is -4.64. The lowest BCUT2D eigenvalue weighted by molar-refractivity contribution is -0.137. The van der Waals surface area contributed by atoms with E-state index in [1.807, 2.05) is 12.1 Å². The second kappa shape index (κ2) is 8.28. The summed E-state index contributed by atoms with van der Waals surface area (Å²) >= 11 is 6.16. The van der Waals surface area contributed by atoms with Gasteiger partial charge in [-0.1, -0.05) is 23.7 Å². The summed E-state index contributed by atoms with van der Waals surface area (Å²) in [6, 6.07) is 14.7. The topological polar surface area (TPSA) is 63.1 Å². The number of fused-ring (bicyclic) bond motifs is 1. The Balaban J connectivity index is 1.55. The van der Waals surface area contributed by atoms with Crippen molar-refractivity contribution < 1.29 is 27.8 Å². The van der Waals surface area contributed by atoms with E-state index in [0.29, 0.717) is 39.8 Å². The fourth-order valence-corrected chi connectivity index (χ4v) is 4.17. The summed E-state index contributed by atoms with van der Waals surface area (Å²) in [4.78, 5) is 4.78. The number of phenols is 1. The highest BCUT2D eigenvalue weighted by Gasteiger charge is 2.32. The van der Waals surface area contributed by atoms with E-state index in [0.717, 1.165) is 17.7 Å². The zero-order chi connectivity index (χ0) is 23.2. The van der Waals surface area contributed by atoms with E-state index in [4.69, 9.17) is 26.1 Å². The highest BCUT2D eigenvalue weighted by Crippen LogP contribution is 2.38. The third kappa shape index (κ3) is 4.36. The largest absolute Gasteiger partial charge is 0.508 e. The highest BCUT2D eigenvalue weighted by atomic mass is 35.5. The zero-order valence-electron chi connectivity index (χ0n) is 17.1. The molecule has 33 heavy (non-hydrogen) atoms. The fourth-order valence-electron chi connectivity index (χ4n) is 3.99. The molecule has 0 saturated heterocycles. The van der Waals surface area contributed by atoms with Crippen LogP contribution < -0.4 is 14.8 Å². The molecule has 5 nitrogen and oxygen atoms in total. The Morgan fingerprint density at radius 3 is 2.48 bits per heavy atom. The smallest absolute Gasteiger partial charge is 0.416 e. The van der Waals surface area contributed by atoms with Gasteiger partial charge in [-0.25, -0.2) is 0 Å². The summed E-state index contributed by atoms with van der Waals surface area (Å²) in [7, 11) is 0. The van der Waals surface area contributed by atoms with E-state index in [1.165, 1.54) is 18.2 Å². The van der Waals surface area contributed by atoms with Gasteiger partial charge < -0.3 is 14.6 Å². The van der Waals surface area contributed by atoms with Crippen LogP contribution in [0.25, 0.3) is 0 Å². The molecule has 0 spiro atoms. The number of hydrogen-bond acceptors (Lipinski definition) is 5. The van der Waals surface area contributed by atoms with Gasteiger partial charge in [-0.2, -0.15) is 13.2 Å². The molecule has 9 heteroatoms. The first kappa shape index (κ1) is 21.6. The normalized spacial score (nSPS) is 19.9. The predicted octanol–water partition coefficient (Wildman–Crippen LogP) is 6.02. The molecule has 2 heterocycles. The number of benzene rings is 3. The maximum Gasteiger partial charge on any atom is 0.416 e. The van der Waals surface area contributed by atoms with Crippen LogP contribution in [-0.4, -0.2) is 17.6 Å². The maximum atomic E-state index is 13.0. The van der Waals surface area contributed by atoms with Crippen molar-refractivity contribution in [3.8, 4) is 17.2 Å². The number of nitrogens with one attached hydrogen (secondary N) is 1. The Bertz CT molecular complexity index is 1230. The lowest BCUT2D eigenvalue weighted by Crippen LogP contribution is -2.33. The van der Waals surface area contributed by atoms with Crippen LogP contribution in [0.2, 0.25) is 5.02 Å². The van der Waals surface area contributed by atoms with Gasteiger partial charge >= 0.3 is 6.18 Å². The van der Waals surface area contributed by atoms with Crippen molar-refractivity contribution >= 4 is 17.3 Å². The van der Waals surface area contributed by atoms with Crippen molar-refractivity contribution in [3.05, 3.63) is 87.9 Å². The van der Waals surface area contributed by atoms with Crippen LogP contribution in [0.15, 0.2) is 65.7 Å². The number of halogens is 4. The van der Waals surface area contributed by atoms with Gasteiger partial charge in [-0.3, -0.25) is 10.3 Å².